The minimum absolute atomic E-state index is 0.0110. The Morgan fingerprint density at radius 3 is 2.54 bits per heavy atom. The van der Waals surface area contributed by atoms with Crippen LogP contribution in [0.3, 0.4) is 0 Å². The Balaban J connectivity index is 1.50. The molecule has 6 heteroatoms. The SMILES string of the molecule is CC(C)C(CNC(=O)N1CCC(O)(c2cccnc2)CC1)N1CCCC1. The van der Waals surface area contributed by atoms with E-state index in [0.29, 0.717) is 44.4 Å². The van der Waals surface area contributed by atoms with E-state index in [2.05, 4.69) is 29.0 Å². The zero-order valence-electron chi connectivity index (χ0n) is 16.0. The molecule has 0 aromatic carbocycles. The average Bonchev–Trinajstić information content (AvgIpc) is 3.17. The number of urea groups is 1. The Labute approximate surface area is 156 Å². The monoisotopic (exact) mass is 360 g/mol. The molecule has 0 aliphatic carbocycles. The number of hydrogen-bond acceptors (Lipinski definition) is 4. The number of hydrogen-bond donors (Lipinski definition) is 2. The third-order valence-corrected chi connectivity index (χ3v) is 5.92. The molecule has 1 unspecified atom stereocenters. The van der Waals surface area contributed by atoms with Gasteiger partial charge in [0.1, 0.15) is 0 Å². The topological polar surface area (TPSA) is 68.7 Å². The molecule has 2 saturated heterocycles. The second kappa shape index (κ2) is 8.35. The van der Waals surface area contributed by atoms with Crippen LogP contribution in [0.15, 0.2) is 24.5 Å². The summed E-state index contributed by atoms with van der Waals surface area (Å²) in [7, 11) is 0. The Kier molecular flexibility index (Phi) is 6.14. The van der Waals surface area contributed by atoms with Crippen LogP contribution in [0, 0.1) is 5.92 Å². The van der Waals surface area contributed by atoms with Crippen molar-refractivity contribution in [3.63, 3.8) is 0 Å². The zero-order chi connectivity index (χ0) is 18.6. The maximum absolute atomic E-state index is 12.6. The summed E-state index contributed by atoms with van der Waals surface area (Å²) in [5.41, 5.74) is -0.0323. The number of aliphatic hydroxyl groups is 1. The molecule has 1 atom stereocenters. The number of nitrogens with one attached hydrogen (secondary N) is 1. The largest absolute Gasteiger partial charge is 0.385 e. The number of rotatable bonds is 5. The van der Waals surface area contributed by atoms with Gasteiger partial charge in [-0.15, -0.1) is 0 Å². The molecule has 1 aromatic heterocycles. The van der Waals surface area contributed by atoms with Crippen molar-refractivity contribution in [2.24, 2.45) is 5.92 Å². The lowest BCUT2D eigenvalue weighted by molar-refractivity contribution is -0.0172. The predicted molar refractivity (Wildman–Crippen MR) is 102 cm³/mol. The third kappa shape index (κ3) is 4.35. The lowest BCUT2D eigenvalue weighted by Crippen LogP contribution is -2.52. The summed E-state index contributed by atoms with van der Waals surface area (Å²) in [6, 6.07) is 4.14. The summed E-state index contributed by atoms with van der Waals surface area (Å²) >= 11 is 0. The van der Waals surface area contributed by atoms with E-state index in [9.17, 15) is 9.90 Å². The van der Waals surface area contributed by atoms with Gasteiger partial charge in [0.2, 0.25) is 0 Å². The zero-order valence-corrected chi connectivity index (χ0v) is 16.0. The van der Waals surface area contributed by atoms with Crippen LogP contribution in [0.2, 0.25) is 0 Å². The fourth-order valence-electron chi connectivity index (χ4n) is 4.17. The Morgan fingerprint density at radius 1 is 1.27 bits per heavy atom. The number of aromatic nitrogens is 1. The maximum Gasteiger partial charge on any atom is 0.317 e. The maximum atomic E-state index is 12.6. The predicted octanol–water partition coefficient (Wildman–Crippen LogP) is 2.20. The number of carbonyl (C=O) groups is 1. The quantitative estimate of drug-likeness (QED) is 0.845. The van der Waals surface area contributed by atoms with E-state index in [1.54, 1.807) is 12.4 Å². The van der Waals surface area contributed by atoms with Gasteiger partial charge in [-0.05, 0) is 50.8 Å². The van der Waals surface area contributed by atoms with Crippen LogP contribution in [0.4, 0.5) is 4.79 Å². The minimum atomic E-state index is -0.874. The second-order valence-corrected chi connectivity index (χ2v) is 8.00. The fourth-order valence-corrected chi connectivity index (χ4v) is 4.17. The number of amides is 2. The van der Waals surface area contributed by atoms with Crippen LogP contribution in [-0.4, -0.2) is 64.7 Å². The number of piperidine rings is 1. The highest BCUT2D eigenvalue weighted by molar-refractivity contribution is 5.74. The summed E-state index contributed by atoms with van der Waals surface area (Å²) in [6.45, 7) is 8.55. The lowest BCUT2D eigenvalue weighted by Gasteiger charge is -2.39. The van der Waals surface area contributed by atoms with Gasteiger partial charge in [0.15, 0.2) is 0 Å². The van der Waals surface area contributed by atoms with Crippen LogP contribution in [0.5, 0.6) is 0 Å². The summed E-state index contributed by atoms with van der Waals surface area (Å²) in [5.74, 6) is 0.519. The van der Waals surface area contributed by atoms with Crippen molar-refractivity contribution in [3.05, 3.63) is 30.1 Å². The molecule has 0 radical (unpaired) electrons. The van der Waals surface area contributed by atoms with Gasteiger partial charge in [-0.2, -0.15) is 0 Å². The highest BCUT2D eigenvalue weighted by Gasteiger charge is 2.36. The molecule has 0 bridgehead atoms. The molecule has 2 amide bonds. The first-order valence-electron chi connectivity index (χ1n) is 9.89. The van der Waals surface area contributed by atoms with Crippen molar-refractivity contribution >= 4 is 6.03 Å². The van der Waals surface area contributed by atoms with Gasteiger partial charge in [0.25, 0.3) is 0 Å². The molecule has 0 spiro atoms. The van der Waals surface area contributed by atoms with Crippen LogP contribution in [0.25, 0.3) is 0 Å². The summed E-state index contributed by atoms with van der Waals surface area (Å²) < 4.78 is 0. The molecule has 3 rings (SSSR count). The van der Waals surface area contributed by atoms with Gasteiger partial charge >= 0.3 is 6.03 Å². The van der Waals surface area contributed by atoms with Crippen LogP contribution < -0.4 is 5.32 Å². The molecule has 26 heavy (non-hydrogen) atoms. The van der Waals surface area contributed by atoms with E-state index in [1.807, 2.05) is 17.0 Å². The molecule has 2 fully saturated rings. The Bertz CT molecular complexity index is 579. The standard InChI is InChI=1S/C20H32N4O2/c1-16(2)18(23-10-3-4-11-23)15-22-19(25)24-12-7-20(26,8-13-24)17-6-5-9-21-14-17/h5-6,9,14,16,18,26H,3-4,7-8,10-13,15H2,1-2H3,(H,22,25). The molecule has 2 aliphatic rings. The molecule has 0 saturated carbocycles. The van der Waals surface area contributed by atoms with Gasteiger partial charge in [0, 0.05) is 43.6 Å². The van der Waals surface area contributed by atoms with Crippen LogP contribution in [0.1, 0.15) is 45.1 Å². The van der Waals surface area contributed by atoms with Crippen molar-refractivity contribution in [1.82, 2.24) is 20.1 Å². The lowest BCUT2D eigenvalue weighted by atomic mass is 9.85. The van der Waals surface area contributed by atoms with Crippen molar-refractivity contribution in [1.29, 1.82) is 0 Å². The third-order valence-electron chi connectivity index (χ3n) is 5.92. The van der Waals surface area contributed by atoms with Crippen molar-refractivity contribution in [3.8, 4) is 0 Å². The normalized spacial score (nSPS) is 21.8. The van der Waals surface area contributed by atoms with Crippen molar-refractivity contribution in [2.75, 3.05) is 32.7 Å². The molecule has 144 valence electrons. The Morgan fingerprint density at radius 2 is 1.96 bits per heavy atom. The van der Waals surface area contributed by atoms with E-state index >= 15 is 0 Å². The van der Waals surface area contributed by atoms with E-state index in [0.717, 1.165) is 18.7 Å². The molecule has 6 nitrogen and oxygen atoms in total. The fraction of sp³-hybridized carbons (Fsp3) is 0.700. The first-order chi connectivity index (χ1) is 12.5. The Hall–Kier alpha value is -1.66. The number of carbonyl (C=O) groups excluding carboxylic acids is 1. The van der Waals surface area contributed by atoms with E-state index in [1.165, 1.54) is 12.8 Å². The number of likely N-dealkylation sites (tertiary alicyclic amines) is 2. The van der Waals surface area contributed by atoms with Crippen LogP contribution in [-0.2, 0) is 5.60 Å². The number of nitrogens with zero attached hydrogens (tertiary/aromatic N) is 3. The smallest absolute Gasteiger partial charge is 0.317 e. The van der Waals surface area contributed by atoms with E-state index in [4.69, 9.17) is 0 Å². The van der Waals surface area contributed by atoms with E-state index < -0.39 is 5.60 Å². The second-order valence-electron chi connectivity index (χ2n) is 8.00. The summed E-state index contributed by atoms with van der Waals surface area (Å²) in [6.07, 6.45) is 7.05. The molecule has 3 heterocycles. The summed E-state index contributed by atoms with van der Waals surface area (Å²) in [4.78, 5) is 21.0. The van der Waals surface area contributed by atoms with Gasteiger partial charge in [-0.25, -0.2) is 4.79 Å². The van der Waals surface area contributed by atoms with Crippen LogP contribution >= 0.6 is 0 Å². The molecule has 2 N–H and O–H groups in total. The van der Waals surface area contributed by atoms with Gasteiger partial charge in [-0.3, -0.25) is 9.88 Å². The van der Waals surface area contributed by atoms with Crippen molar-refractivity contribution in [2.45, 2.75) is 51.2 Å². The molecule has 1 aromatic rings. The van der Waals surface area contributed by atoms with E-state index in [-0.39, 0.29) is 6.03 Å². The first-order valence-corrected chi connectivity index (χ1v) is 9.89. The highest BCUT2D eigenvalue weighted by Crippen LogP contribution is 2.32. The molecule has 2 aliphatic heterocycles. The van der Waals surface area contributed by atoms with Gasteiger partial charge in [-0.1, -0.05) is 19.9 Å². The highest BCUT2D eigenvalue weighted by atomic mass is 16.3. The minimum Gasteiger partial charge on any atom is -0.385 e. The average molecular weight is 361 g/mol. The van der Waals surface area contributed by atoms with Gasteiger partial charge < -0.3 is 15.3 Å². The van der Waals surface area contributed by atoms with Crippen molar-refractivity contribution < 1.29 is 9.90 Å². The summed E-state index contributed by atoms with van der Waals surface area (Å²) in [5, 5.41) is 14.0. The first kappa shape index (κ1) is 19.1. The van der Waals surface area contributed by atoms with Gasteiger partial charge in [0.05, 0.1) is 5.60 Å². The molecular weight excluding hydrogens is 328 g/mol. The molecular formula is C20H32N4O2. The number of pyridine rings is 1.